The van der Waals surface area contributed by atoms with Crippen LogP contribution in [0, 0.1) is 0 Å². The monoisotopic (exact) mass is 199 g/mol. The molecule has 0 aromatic heterocycles. The van der Waals surface area contributed by atoms with Gasteiger partial charge < -0.3 is 10.1 Å². The molecule has 0 aliphatic heterocycles. The predicted molar refractivity (Wildman–Crippen MR) is 53.7 cm³/mol. The lowest BCUT2D eigenvalue weighted by atomic mass is 10.2. The standard InChI is InChI=1S/C10H17NO3/c1-4-8(3)11-9(12)6-7-10(13)14-5-2/h6-8H,4-5H2,1-3H3,(H,11,12). The van der Waals surface area contributed by atoms with Crippen LogP contribution in [-0.4, -0.2) is 24.5 Å². The van der Waals surface area contributed by atoms with Crippen LogP contribution in [0.15, 0.2) is 12.2 Å². The third-order valence-corrected chi connectivity index (χ3v) is 1.66. The highest BCUT2D eigenvalue weighted by Gasteiger charge is 2.02. The van der Waals surface area contributed by atoms with Crippen LogP contribution in [0.4, 0.5) is 0 Å². The Labute approximate surface area is 84.3 Å². The SMILES string of the molecule is CCOC(=O)C=CC(=O)NC(C)CC. The minimum Gasteiger partial charge on any atom is -0.463 e. The summed E-state index contributed by atoms with van der Waals surface area (Å²) in [6.45, 7) is 5.90. The zero-order valence-corrected chi connectivity index (χ0v) is 8.87. The number of rotatable bonds is 5. The maximum Gasteiger partial charge on any atom is 0.330 e. The van der Waals surface area contributed by atoms with Crippen molar-refractivity contribution in [2.45, 2.75) is 33.2 Å². The summed E-state index contributed by atoms with van der Waals surface area (Å²) in [6, 6.07) is 0.120. The van der Waals surface area contributed by atoms with Gasteiger partial charge in [-0.15, -0.1) is 0 Å². The zero-order chi connectivity index (χ0) is 11.0. The average Bonchev–Trinajstić information content (AvgIpc) is 2.15. The molecule has 1 atom stereocenters. The lowest BCUT2D eigenvalue weighted by Crippen LogP contribution is -2.30. The number of amides is 1. The van der Waals surface area contributed by atoms with Gasteiger partial charge in [-0.2, -0.15) is 0 Å². The third-order valence-electron chi connectivity index (χ3n) is 1.66. The zero-order valence-electron chi connectivity index (χ0n) is 8.87. The Hall–Kier alpha value is -1.32. The van der Waals surface area contributed by atoms with E-state index in [1.165, 1.54) is 6.08 Å². The Morgan fingerprint density at radius 3 is 2.50 bits per heavy atom. The van der Waals surface area contributed by atoms with E-state index in [4.69, 9.17) is 0 Å². The molecule has 1 unspecified atom stereocenters. The summed E-state index contributed by atoms with van der Waals surface area (Å²) in [7, 11) is 0. The molecule has 4 nitrogen and oxygen atoms in total. The van der Waals surface area contributed by atoms with Gasteiger partial charge in [0, 0.05) is 18.2 Å². The second-order valence-corrected chi connectivity index (χ2v) is 2.90. The number of esters is 1. The Morgan fingerprint density at radius 1 is 1.36 bits per heavy atom. The highest BCUT2D eigenvalue weighted by molar-refractivity contribution is 5.94. The van der Waals surface area contributed by atoms with Crippen LogP contribution in [0.25, 0.3) is 0 Å². The first-order valence-electron chi connectivity index (χ1n) is 4.75. The Balaban J connectivity index is 3.87. The van der Waals surface area contributed by atoms with E-state index >= 15 is 0 Å². The van der Waals surface area contributed by atoms with Crippen molar-refractivity contribution in [3.8, 4) is 0 Å². The number of carbonyl (C=O) groups is 2. The molecule has 14 heavy (non-hydrogen) atoms. The summed E-state index contributed by atoms with van der Waals surface area (Å²) in [5.41, 5.74) is 0. The van der Waals surface area contributed by atoms with E-state index in [-0.39, 0.29) is 11.9 Å². The van der Waals surface area contributed by atoms with Crippen molar-refractivity contribution < 1.29 is 14.3 Å². The Kier molecular flexibility index (Phi) is 6.45. The third kappa shape index (κ3) is 6.22. The number of hydrogen-bond donors (Lipinski definition) is 1. The van der Waals surface area contributed by atoms with Crippen molar-refractivity contribution in [1.82, 2.24) is 5.32 Å². The van der Waals surface area contributed by atoms with Gasteiger partial charge in [-0.1, -0.05) is 6.92 Å². The van der Waals surface area contributed by atoms with Gasteiger partial charge in [-0.05, 0) is 20.3 Å². The van der Waals surface area contributed by atoms with Crippen molar-refractivity contribution in [2.24, 2.45) is 0 Å². The minimum atomic E-state index is -0.494. The summed E-state index contributed by atoms with van der Waals surface area (Å²) in [5.74, 6) is -0.765. The molecule has 0 fully saturated rings. The van der Waals surface area contributed by atoms with Crippen LogP contribution in [0.1, 0.15) is 27.2 Å². The first-order valence-corrected chi connectivity index (χ1v) is 4.75. The van der Waals surface area contributed by atoms with Gasteiger partial charge in [0.25, 0.3) is 0 Å². The molecule has 80 valence electrons. The van der Waals surface area contributed by atoms with Crippen LogP contribution >= 0.6 is 0 Å². The van der Waals surface area contributed by atoms with Crippen molar-refractivity contribution in [1.29, 1.82) is 0 Å². The van der Waals surface area contributed by atoms with Gasteiger partial charge >= 0.3 is 5.97 Å². The molecule has 0 spiro atoms. The van der Waals surface area contributed by atoms with Crippen molar-refractivity contribution in [3.05, 3.63) is 12.2 Å². The van der Waals surface area contributed by atoms with Gasteiger partial charge in [0.15, 0.2) is 0 Å². The molecule has 0 bridgehead atoms. The highest BCUT2D eigenvalue weighted by atomic mass is 16.5. The highest BCUT2D eigenvalue weighted by Crippen LogP contribution is 1.88. The van der Waals surface area contributed by atoms with Gasteiger partial charge in [0.1, 0.15) is 0 Å². The molecule has 0 saturated heterocycles. The number of hydrogen-bond acceptors (Lipinski definition) is 3. The van der Waals surface area contributed by atoms with Crippen LogP contribution in [0.3, 0.4) is 0 Å². The van der Waals surface area contributed by atoms with Crippen LogP contribution in [-0.2, 0) is 14.3 Å². The summed E-state index contributed by atoms with van der Waals surface area (Å²) in [6.07, 6.45) is 3.17. The van der Waals surface area contributed by atoms with E-state index in [0.29, 0.717) is 6.61 Å². The predicted octanol–water partition coefficient (Wildman–Crippen LogP) is 1.02. The Morgan fingerprint density at radius 2 is 2.00 bits per heavy atom. The molecular weight excluding hydrogens is 182 g/mol. The first kappa shape index (κ1) is 12.7. The second-order valence-electron chi connectivity index (χ2n) is 2.90. The quantitative estimate of drug-likeness (QED) is 0.531. The number of ether oxygens (including phenoxy) is 1. The number of carbonyl (C=O) groups excluding carboxylic acids is 2. The average molecular weight is 199 g/mol. The van der Waals surface area contributed by atoms with Gasteiger partial charge in [-0.3, -0.25) is 4.79 Å². The molecule has 0 rings (SSSR count). The second kappa shape index (κ2) is 7.12. The van der Waals surface area contributed by atoms with E-state index in [0.717, 1.165) is 12.5 Å². The van der Waals surface area contributed by atoms with Crippen molar-refractivity contribution in [3.63, 3.8) is 0 Å². The molecule has 0 aromatic rings. The fraction of sp³-hybridized carbons (Fsp3) is 0.600. The topological polar surface area (TPSA) is 55.4 Å². The minimum absolute atomic E-state index is 0.120. The van der Waals surface area contributed by atoms with Crippen LogP contribution < -0.4 is 5.32 Å². The fourth-order valence-corrected chi connectivity index (χ4v) is 0.727. The van der Waals surface area contributed by atoms with E-state index in [1.54, 1.807) is 6.92 Å². The van der Waals surface area contributed by atoms with E-state index < -0.39 is 5.97 Å². The molecule has 0 aliphatic rings. The summed E-state index contributed by atoms with van der Waals surface area (Å²) in [4.78, 5) is 21.9. The molecule has 0 aliphatic carbocycles. The fourth-order valence-electron chi connectivity index (χ4n) is 0.727. The van der Waals surface area contributed by atoms with E-state index in [9.17, 15) is 9.59 Å². The molecule has 0 heterocycles. The maximum atomic E-state index is 11.1. The van der Waals surface area contributed by atoms with Gasteiger partial charge in [-0.25, -0.2) is 4.79 Å². The maximum absolute atomic E-state index is 11.1. The molecule has 1 N–H and O–H groups in total. The molecule has 0 aromatic carbocycles. The summed E-state index contributed by atoms with van der Waals surface area (Å²) in [5, 5.41) is 2.69. The van der Waals surface area contributed by atoms with Crippen LogP contribution in [0.5, 0.6) is 0 Å². The summed E-state index contributed by atoms with van der Waals surface area (Å²) < 4.78 is 4.62. The van der Waals surface area contributed by atoms with E-state index in [2.05, 4.69) is 10.1 Å². The summed E-state index contributed by atoms with van der Waals surface area (Å²) >= 11 is 0. The van der Waals surface area contributed by atoms with Crippen molar-refractivity contribution in [2.75, 3.05) is 6.61 Å². The van der Waals surface area contributed by atoms with Crippen molar-refractivity contribution >= 4 is 11.9 Å². The number of nitrogens with one attached hydrogen (secondary N) is 1. The largest absolute Gasteiger partial charge is 0.463 e. The van der Waals surface area contributed by atoms with Crippen LogP contribution in [0.2, 0.25) is 0 Å². The Bertz CT molecular complexity index is 223. The lowest BCUT2D eigenvalue weighted by molar-refractivity contribution is -0.137. The smallest absolute Gasteiger partial charge is 0.330 e. The van der Waals surface area contributed by atoms with Gasteiger partial charge in [0.2, 0.25) is 5.91 Å². The normalized spacial score (nSPS) is 12.5. The molecule has 4 heteroatoms. The molecule has 0 radical (unpaired) electrons. The molecular formula is C10H17NO3. The first-order chi connectivity index (χ1) is 6.60. The lowest BCUT2D eigenvalue weighted by Gasteiger charge is -2.08. The van der Waals surface area contributed by atoms with E-state index in [1.807, 2.05) is 13.8 Å². The van der Waals surface area contributed by atoms with Gasteiger partial charge in [0.05, 0.1) is 6.61 Å². The molecule has 1 amide bonds. The molecule has 0 saturated carbocycles.